The number of carbonyl (C=O) groups is 3. The molecule has 0 bridgehead atoms. The van der Waals surface area contributed by atoms with E-state index in [1.807, 2.05) is 13.8 Å². The van der Waals surface area contributed by atoms with Gasteiger partial charge in [-0.3, -0.25) is 14.4 Å². The van der Waals surface area contributed by atoms with Crippen LogP contribution in [-0.2, 0) is 9.59 Å². The summed E-state index contributed by atoms with van der Waals surface area (Å²) in [5.41, 5.74) is 0.412. The van der Waals surface area contributed by atoms with Crippen molar-refractivity contribution in [1.29, 1.82) is 0 Å². The summed E-state index contributed by atoms with van der Waals surface area (Å²) in [6.07, 6.45) is 1.41. The molecule has 1 atom stereocenters. The molecule has 1 fully saturated rings. The number of hydrogen-bond acceptors (Lipinski definition) is 3. The lowest BCUT2D eigenvalue weighted by Crippen LogP contribution is -2.48. The molecule has 1 aliphatic heterocycles. The predicted octanol–water partition coefficient (Wildman–Crippen LogP) is 2.00. The highest BCUT2D eigenvalue weighted by molar-refractivity contribution is 5.94. The summed E-state index contributed by atoms with van der Waals surface area (Å²) in [6.45, 7) is 5.97. The first-order valence-corrected chi connectivity index (χ1v) is 9.44. The van der Waals surface area contributed by atoms with Crippen LogP contribution in [0, 0.1) is 11.7 Å². The lowest BCUT2D eigenvalue weighted by molar-refractivity contribution is -0.142. The number of piperidine rings is 1. The fraction of sp³-hybridized carbons (Fsp3) is 0.550. The molecule has 2 rings (SSSR count). The maximum atomic E-state index is 13.1. The monoisotopic (exact) mass is 377 g/mol. The minimum atomic E-state index is -0.391. The van der Waals surface area contributed by atoms with E-state index in [4.69, 9.17) is 0 Å². The lowest BCUT2D eigenvalue weighted by atomic mass is 9.96. The highest BCUT2D eigenvalue weighted by atomic mass is 19.1. The molecular weight excluding hydrogens is 349 g/mol. The molecule has 1 aromatic carbocycles. The zero-order valence-corrected chi connectivity index (χ0v) is 16.3. The Labute approximate surface area is 159 Å². The van der Waals surface area contributed by atoms with Gasteiger partial charge in [-0.2, -0.15) is 0 Å². The smallest absolute Gasteiger partial charge is 0.253 e. The summed E-state index contributed by atoms with van der Waals surface area (Å²) in [5.74, 6) is -1.11. The molecule has 1 aromatic rings. The first-order valence-electron chi connectivity index (χ1n) is 9.44. The van der Waals surface area contributed by atoms with Gasteiger partial charge in [0.1, 0.15) is 5.82 Å². The Hall–Kier alpha value is -2.44. The normalized spacial score (nSPS) is 16.7. The van der Waals surface area contributed by atoms with Crippen molar-refractivity contribution in [3.05, 3.63) is 35.6 Å². The summed E-state index contributed by atoms with van der Waals surface area (Å²) in [6, 6.07) is 5.43. The van der Waals surface area contributed by atoms with Crippen LogP contribution in [0.1, 0.15) is 37.0 Å². The summed E-state index contributed by atoms with van der Waals surface area (Å²) >= 11 is 0. The molecule has 3 amide bonds. The first kappa shape index (κ1) is 20.9. The maximum absolute atomic E-state index is 13.1. The number of likely N-dealkylation sites (N-methyl/N-ethyl adjacent to an activating group) is 2. The quantitative estimate of drug-likeness (QED) is 0.762. The number of amides is 3. The van der Waals surface area contributed by atoms with Gasteiger partial charge in [-0.25, -0.2) is 4.39 Å². The molecule has 148 valence electrons. The summed E-state index contributed by atoms with van der Waals surface area (Å²) < 4.78 is 13.1. The summed E-state index contributed by atoms with van der Waals surface area (Å²) in [4.78, 5) is 42.4. The zero-order chi connectivity index (χ0) is 20.0. The number of nitrogens with zero attached hydrogens (tertiary/aromatic N) is 3. The zero-order valence-electron chi connectivity index (χ0n) is 16.3. The van der Waals surface area contributed by atoms with Crippen molar-refractivity contribution >= 4 is 17.7 Å². The Morgan fingerprint density at radius 1 is 1.15 bits per heavy atom. The largest absolute Gasteiger partial charge is 0.342 e. The molecule has 0 N–H and O–H groups in total. The van der Waals surface area contributed by atoms with Gasteiger partial charge in [-0.1, -0.05) is 0 Å². The van der Waals surface area contributed by atoms with Gasteiger partial charge >= 0.3 is 0 Å². The topological polar surface area (TPSA) is 60.9 Å². The molecule has 0 saturated carbocycles. The maximum Gasteiger partial charge on any atom is 0.253 e. The second-order valence-corrected chi connectivity index (χ2v) is 6.86. The number of hydrogen-bond donors (Lipinski definition) is 0. The van der Waals surface area contributed by atoms with Crippen molar-refractivity contribution in [2.45, 2.75) is 26.7 Å². The van der Waals surface area contributed by atoms with Gasteiger partial charge in [0.15, 0.2) is 0 Å². The average Bonchev–Trinajstić information content (AvgIpc) is 2.68. The van der Waals surface area contributed by atoms with Crippen LogP contribution in [-0.4, -0.2) is 72.2 Å². The van der Waals surface area contributed by atoms with Gasteiger partial charge in [0, 0.05) is 38.8 Å². The second kappa shape index (κ2) is 9.48. The molecular formula is C20H28FN3O3. The van der Waals surface area contributed by atoms with Crippen LogP contribution in [0.15, 0.2) is 24.3 Å². The van der Waals surface area contributed by atoms with Gasteiger partial charge < -0.3 is 14.7 Å². The van der Waals surface area contributed by atoms with Crippen LogP contribution in [0.4, 0.5) is 4.39 Å². The van der Waals surface area contributed by atoms with Crippen LogP contribution < -0.4 is 0 Å². The Kier molecular flexibility index (Phi) is 7.33. The molecule has 1 unspecified atom stereocenters. The van der Waals surface area contributed by atoms with Crippen molar-refractivity contribution in [1.82, 2.24) is 14.7 Å². The van der Waals surface area contributed by atoms with Crippen LogP contribution in [0.3, 0.4) is 0 Å². The van der Waals surface area contributed by atoms with Gasteiger partial charge in [-0.05, 0) is 51.0 Å². The van der Waals surface area contributed by atoms with Crippen molar-refractivity contribution in [3.63, 3.8) is 0 Å². The van der Waals surface area contributed by atoms with Crippen molar-refractivity contribution < 1.29 is 18.8 Å². The van der Waals surface area contributed by atoms with Gasteiger partial charge in [0.2, 0.25) is 11.8 Å². The average molecular weight is 377 g/mol. The minimum Gasteiger partial charge on any atom is -0.342 e. The third-order valence-electron chi connectivity index (χ3n) is 5.01. The molecule has 0 aliphatic carbocycles. The van der Waals surface area contributed by atoms with Crippen molar-refractivity contribution in [3.8, 4) is 0 Å². The molecule has 27 heavy (non-hydrogen) atoms. The lowest BCUT2D eigenvalue weighted by Gasteiger charge is -2.34. The Bertz CT molecular complexity index is 674. The molecule has 6 nitrogen and oxygen atoms in total. The summed E-state index contributed by atoms with van der Waals surface area (Å²) in [5, 5.41) is 0. The fourth-order valence-electron chi connectivity index (χ4n) is 3.41. The SMILES string of the molecule is CCN(CC)C(=O)CN(C)C(=O)C1CCCN(C(=O)c2ccc(F)cc2)C1. The standard InChI is InChI=1S/C20H28FN3O3/c1-4-23(5-2)18(25)14-22(3)19(26)16-7-6-12-24(13-16)20(27)15-8-10-17(21)11-9-15/h8-11,16H,4-7,12-14H2,1-3H3. The van der Waals surface area contributed by atoms with E-state index in [2.05, 4.69) is 0 Å². The second-order valence-electron chi connectivity index (χ2n) is 6.86. The predicted molar refractivity (Wildman–Crippen MR) is 101 cm³/mol. The highest BCUT2D eigenvalue weighted by Crippen LogP contribution is 2.20. The number of carbonyl (C=O) groups excluding carboxylic acids is 3. The highest BCUT2D eigenvalue weighted by Gasteiger charge is 2.31. The fourth-order valence-corrected chi connectivity index (χ4v) is 3.41. The third-order valence-corrected chi connectivity index (χ3v) is 5.01. The van der Waals surface area contributed by atoms with E-state index in [0.717, 1.165) is 6.42 Å². The van der Waals surface area contributed by atoms with E-state index in [1.165, 1.54) is 29.2 Å². The Morgan fingerprint density at radius 2 is 1.78 bits per heavy atom. The number of rotatable bonds is 6. The molecule has 0 spiro atoms. The number of halogens is 1. The number of benzene rings is 1. The van der Waals surface area contributed by atoms with E-state index in [-0.39, 0.29) is 30.2 Å². The minimum absolute atomic E-state index is 0.0446. The molecule has 1 heterocycles. The molecule has 0 radical (unpaired) electrons. The molecule has 7 heteroatoms. The van der Waals surface area contributed by atoms with E-state index in [0.29, 0.717) is 38.2 Å². The Balaban J connectivity index is 1.98. The van der Waals surface area contributed by atoms with Crippen molar-refractivity contribution in [2.24, 2.45) is 5.92 Å². The van der Waals surface area contributed by atoms with Crippen molar-refractivity contribution in [2.75, 3.05) is 39.8 Å². The third kappa shape index (κ3) is 5.28. The van der Waals surface area contributed by atoms with Crippen LogP contribution >= 0.6 is 0 Å². The van der Waals surface area contributed by atoms with E-state index < -0.39 is 5.82 Å². The van der Waals surface area contributed by atoms with Crippen LogP contribution in [0.2, 0.25) is 0 Å². The van der Waals surface area contributed by atoms with E-state index in [9.17, 15) is 18.8 Å². The van der Waals surface area contributed by atoms with Crippen LogP contribution in [0.25, 0.3) is 0 Å². The van der Waals surface area contributed by atoms with Gasteiger partial charge in [-0.15, -0.1) is 0 Å². The Morgan fingerprint density at radius 3 is 2.37 bits per heavy atom. The van der Waals surface area contributed by atoms with Crippen LogP contribution in [0.5, 0.6) is 0 Å². The summed E-state index contributed by atoms with van der Waals surface area (Å²) in [7, 11) is 1.63. The van der Waals surface area contributed by atoms with E-state index >= 15 is 0 Å². The first-order chi connectivity index (χ1) is 12.9. The van der Waals surface area contributed by atoms with Gasteiger partial charge in [0.05, 0.1) is 12.5 Å². The van der Waals surface area contributed by atoms with E-state index in [1.54, 1.807) is 16.8 Å². The molecule has 1 aliphatic rings. The molecule has 0 aromatic heterocycles. The van der Waals surface area contributed by atoms with Gasteiger partial charge in [0.25, 0.3) is 5.91 Å². The molecule has 1 saturated heterocycles. The number of likely N-dealkylation sites (tertiary alicyclic amines) is 1.